The van der Waals surface area contributed by atoms with Gasteiger partial charge < -0.3 is 15.4 Å². The lowest BCUT2D eigenvalue weighted by Crippen LogP contribution is -2.36. The van der Waals surface area contributed by atoms with Crippen LogP contribution in [0.4, 0.5) is 0 Å². The highest BCUT2D eigenvalue weighted by molar-refractivity contribution is 5.98. The summed E-state index contributed by atoms with van der Waals surface area (Å²) in [5, 5.41) is 12.9. The minimum atomic E-state index is -0.179. The van der Waals surface area contributed by atoms with Crippen molar-refractivity contribution >= 4 is 16.8 Å². The highest BCUT2D eigenvalue weighted by Crippen LogP contribution is 2.14. The molecule has 0 aliphatic rings. The van der Waals surface area contributed by atoms with E-state index in [0.717, 1.165) is 10.9 Å². The van der Waals surface area contributed by atoms with Gasteiger partial charge in [0.25, 0.3) is 5.91 Å². The van der Waals surface area contributed by atoms with Gasteiger partial charge in [0, 0.05) is 17.3 Å². The van der Waals surface area contributed by atoms with Crippen molar-refractivity contribution in [2.45, 2.75) is 19.4 Å². The predicted molar refractivity (Wildman–Crippen MR) is 66.9 cm³/mol. The van der Waals surface area contributed by atoms with Crippen LogP contribution in [0.1, 0.15) is 23.7 Å². The van der Waals surface area contributed by atoms with Gasteiger partial charge in [-0.25, -0.2) is 0 Å². The van der Waals surface area contributed by atoms with Crippen LogP contribution in [0.3, 0.4) is 0 Å². The number of aliphatic hydroxyl groups excluding tert-OH is 1. The van der Waals surface area contributed by atoms with Crippen molar-refractivity contribution < 1.29 is 9.90 Å². The molecular formula is C13H16N2O2. The third-order valence-electron chi connectivity index (χ3n) is 2.87. The summed E-state index contributed by atoms with van der Waals surface area (Å²) in [5.74, 6) is -0.151. The van der Waals surface area contributed by atoms with Gasteiger partial charge in [-0.3, -0.25) is 4.79 Å². The Kier molecular flexibility index (Phi) is 3.44. The van der Waals surface area contributed by atoms with Crippen LogP contribution >= 0.6 is 0 Å². The average Bonchev–Trinajstić information content (AvgIpc) is 2.82. The maximum absolute atomic E-state index is 11.9. The first kappa shape index (κ1) is 11.7. The first-order valence-corrected chi connectivity index (χ1v) is 5.73. The minimum Gasteiger partial charge on any atom is -0.394 e. The van der Waals surface area contributed by atoms with Crippen LogP contribution < -0.4 is 5.32 Å². The molecule has 1 aromatic heterocycles. The number of H-pyrrole nitrogens is 1. The summed E-state index contributed by atoms with van der Waals surface area (Å²) >= 11 is 0. The van der Waals surface area contributed by atoms with Crippen LogP contribution in [0, 0.1) is 0 Å². The topological polar surface area (TPSA) is 65.1 Å². The Labute approximate surface area is 99.7 Å². The number of amides is 1. The van der Waals surface area contributed by atoms with Crippen LogP contribution in [0.15, 0.2) is 30.5 Å². The molecule has 0 aliphatic carbocycles. The molecule has 90 valence electrons. The normalized spacial score (nSPS) is 12.6. The van der Waals surface area contributed by atoms with E-state index < -0.39 is 0 Å². The smallest absolute Gasteiger partial charge is 0.251 e. The third kappa shape index (κ3) is 2.47. The molecule has 0 aliphatic heterocycles. The van der Waals surface area contributed by atoms with Gasteiger partial charge in [0.05, 0.1) is 12.6 Å². The van der Waals surface area contributed by atoms with Gasteiger partial charge in [-0.15, -0.1) is 0 Å². The largest absolute Gasteiger partial charge is 0.394 e. The second kappa shape index (κ2) is 5.01. The maximum Gasteiger partial charge on any atom is 0.251 e. The van der Waals surface area contributed by atoms with Crippen molar-refractivity contribution in [3.63, 3.8) is 0 Å². The lowest BCUT2D eigenvalue weighted by Gasteiger charge is -2.13. The van der Waals surface area contributed by atoms with E-state index >= 15 is 0 Å². The summed E-state index contributed by atoms with van der Waals surface area (Å²) in [5.41, 5.74) is 1.54. The summed E-state index contributed by atoms with van der Waals surface area (Å²) in [4.78, 5) is 15.0. The first-order chi connectivity index (χ1) is 8.24. The molecule has 0 radical (unpaired) electrons. The van der Waals surface area contributed by atoms with E-state index in [1.54, 1.807) is 6.07 Å². The summed E-state index contributed by atoms with van der Waals surface area (Å²) in [6.07, 6.45) is 2.56. The highest BCUT2D eigenvalue weighted by atomic mass is 16.3. The minimum absolute atomic E-state index is 0.0347. The van der Waals surface area contributed by atoms with E-state index in [9.17, 15) is 4.79 Å². The van der Waals surface area contributed by atoms with E-state index in [-0.39, 0.29) is 18.6 Å². The number of hydrogen-bond donors (Lipinski definition) is 3. The summed E-state index contributed by atoms with van der Waals surface area (Å²) in [6.45, 7) is 1.89. The molecule has 0 saturated heterocycles. The molecule has 2 rings (SSSR count). The number of aromatic nitrogens is 1. The van der Waals surface area contributed by atoms with Gasteiger partial charge in [-0.05, 0) is 30.0 Å². The number of nitrogens with one attached hydrogen (secondary N) is 2. The fourth-order valence-electron chi connectivity index (χ4n) is 1.73. The van der Waals surface area contributed by atoms with Crippen LogP contribution in [0.5, 0.6) is 0 Å². The van der Waals surface area contributed by atoms with E-state index in [1.807, 2.05) is 31.3 Å². The molecule has 3 N–H and O–H groups in total. The van der Waals surface area contributed by atoms with Crippen LogP contribution in [0.2, 0.25) is 0 Å². The number of carbonyl (C=O) groups is 1. The molecule has 0 spiro atoms. The number of aromatic amines is 1. The van der Waals surface area contributed by atoms with Crippen molar-refractivity contribution in [1.29, 1.82) is 0 Å². The Morgan fingerprint density at radius 1 is 1.47 bits per heavy atom. The Morgan fingerprint density at radius 2 is 2.29 bits per heavy atom. The zero-order valence-electron chi connectivity index (χ0n) is 9.73. The number of rotatable bonds is 4. The Hall–Kier alpha value is -1.81. The molecule has 17 heavy (non-hydrogen) atoms. The average molecular weight is 232 g/mol. The molecule has 1 aromatic carbocycles. The van der Waals surface area contributed by atoms with Gasteiger partial charge >= 0.3 is 0 Å². The van der Waals surface area contributed by atoms with Crippen molar-refractivity contribution in [1.82, 2.24) is 10.3 Å². The fourth-order valence-corrected chi connectivity index (χ4v) is 1.73. The number of carbonyl (C=O) groups excluding carboxylic acids is 1. The summed E-state index contributed by atoms with van der Waals surface area (Å²) in [6, 6.07) is 7.28. The van der Waals surface area contributed by atoms with Crippen molar-refractivity contribution in [2.75, 3.05) is 6.61 Å². The summed E-state index contributed by atoms with van der Waals surface area (Å²) in [7, 11) is 0. The molecule has 1 heterocycles. The second-order valence-corrected chi connectivity index (χ2v) is 4.04. The molecule has 1 atom stereocenters. The zero-order valence-corrected chi connectivity index (χ0v) is 9.73. The SMILES string of the molecule is CC[C@@H](CO)NC(=O)c1ccc2cc[nH]c2c1. The molecule has 0 unspecified atom stereocenters. The van der Waals surface area contributed by atoms with Crippen molar-refractivity contribution in [3.8, 4) is 0 Å². The van der Waals surface area contributed by atoms with Crippen molar-refractivity contribution in [3.05, 3.63) is 36.0 Å². The molecule has 4 heteroatoms. The van der Waals surface area contributed by atoms with Crippen molar-refractivity contribution in [2.24, 2.45) is 0 Å². The monoisotopic (exact) mass is 232 g/mol. The number of hydrogen-bond acceptors (Lipinski definition) is 2. The zero-order chi connectivity index (χ0) is 12.3. The third-order valence-corrected chi connectivity index (χ3v) is 2.87. The predicted octanol–water partition coefficient (Wildman–Crippen LogP) is 1.67. The lowest BCUT2D eigenvalue weighted by molar-refractivity contribution is 0.0915. The first-order valence-electron chi connectivity index (χ1n) is 5.73. The Morgan fingerprint density at radius 3 is 3.00 bits per heavy atom. The van der Waals surface area contributed by atoms with E-state index in [4.69, 9.17) is 5.11 Å². The van der Waals surface area contributed by atoms with Gasteiger partial charge in [0.1, 0.15) is 0 Å². The van der Waals surface area contributed by atoms with Gasteiger partial charge in [-0.1, -0.05) is 13.0 Å². The Bertz CT molecular complexity index is 515. The van der Waals surface area contributed by atoms with Gasteiger partial charge in [0.2, 0.25) is 0 Å². The fraction of sp³-hybridized carbons (Fsp3) is 0.308. The second-order valence-electron chi connectivity index (χ2n) is 4.04. The molecule has 0 saturated carbocycles. The van der Waals surface area contributed by atoms with Gasteiger partial charge in [-0.2, -0.15) is 0 Å². The number of aliphatic hydroxyl groups is 1. The quantitative estimate of drug-likeness (QED) is 0.750. The highest BCUT2D eigenvalue weighted by Gasteiger charge is 2.11. The standard InChI is InChI=1S/C13H16N2O2/c1-2-11(8-16)15-13(17)10-4-3-9-5-6-14-12(9)7-10/h3-7,11,14,16H,2,8H2,1H3,(H,15,17)/t11-/m0/s1. The number of benzene rings is 1. The van der Waals surface area contributed by atoms with Crippen LogP contribution in [-0.2, 0) is 0 Å². The molecule has 4 nitrogen and oxygen atoms in total. The van der Waals surface area contributed by atoms with Gasteiger partial charge in [0.15, 0.2) is 0 Å². The lowest BCUT2D eigenvalue weighted by atomic mass is 10.1. The molecule has 2 aromatic rings. The summed E-state index contributed by atoms with van der Waals surface area (Å²) < 4.78 is 0. The Balaban J connectivity index is 2.18. The molecular weight excluding hydrogens is 216 g/mol. The van der Waals surface area contributed by atoms with Crippen LogP contribution in [0.25, 0.3) is 10.9 Å². The van der Waals surface area contributed by atoms with Crippen LogP contribution in [-0.4, -0.2) is 28.6 Å². The van der Waals surface area contributed by atoms with E-state index in [1.165, 1.54) is 0 Å². The number of fused-ring (bicyclic) bond motifs is 1. The molecule has 0 fully saturated rings. The molecule has 0 bridgehead atoms. The van der Waals surface area contributed by atoms with E-state index in [0.29, 0.717) is 12.0 Å². The molecule has 1 amide bonds. The van der Waals surface area contributed by atoms with E-state index in [2.05, 4.69) is 10.3 Å². The maximum atomic E-state index is 11.9.